The van der Waals surface area contributed by atoms with Crippen molar-refractivity contribution in [1.82, 2.24) is 0 Å². The lowest BCUT2D eigenvalue weighted by Crippen LogP contribution is -1.99. The standard InChI is InChI=1S/C11H20O2/c1-3-4-5-6-7-8-9-10-13-11(2)12/h4-5H,3,6-10H2,1-2H3/b5-4+. The van der Waals surface area contributed by atoms with Crippen LogP contribution in [-0.2, 0) is 9.53 Å². The lowest BCUT2D eigenvalue weighted by atomic mass is 10.2. The number of carbonyl (C=O) groups excluding carboxylic acids is 1. The van der Waals surface area contributed by atoms with Gasteiger partial charge in [0.25, 0.3) is 0 Å². The van der Waals surface area contributed by atoms with Crippen LogP contribution in [0.3, 0.4) is 0 Å². The number of ether oxygens (including phenoxy) is 1. The quantitative estimate of drug-likeness (QED) is 0.345. The fraction of sp³-hybridized carbons (Fsp3) is 0.727. The van der Waals surface area contributed by atoms with Crippen molar-refractivity contribution in [2.75, 3.05) is 6.61 Å². The molecule has 0 N–H and O–H groups in total. The van der Waals surface area contributed by atoms with Crippen molar-refractivity contribution in [2.45, 2.75) is 46.0 Å². The van der Waals surface area contributed by atoms with Gasteiger partial charge in [0.05, 0.1) is 6.61 Å². The zero-order valence-electron chi connectivity index (χ0n) is 8.71. The predicted molar refractivity (Wildman–Crippen MR) is 54.5 cm³/mol. The molecule has 0 saturated carbocycles. The zero-order valence-corrected chi connectivity index (χ0v) is 8.71. The molecule has 2 nitrogen and oxygen atoms in total. The summed E-state index contributed by atoms with van der Waals surface area (Å²) in [7, 11) is 0. The maximum Gasteiger partial charge on any atom is 0.302 e. The van der Waals surface area contributed by atoms with E-state index in [-0.39, 0.29) is 5.97 Å². The van der Waals surface area contributed by atoms with E-state index in [1.165, 1.54) is 13.3 Å². The third kappa shape index (κ3) is 11.2. The summed E-state index contributed by atoms with van der Waals surface area (Å²) in [5.41, 5.74) is 0. The van der Waals surface area contributed by atoms with E-state index in [4.69, 9.17) is 4.74 Å². The fourth-order valence-electron chi connectivity index (χ4n) is 1.04. The Morgan fingerprint density at radius 3 is 2.62 bits per heavy atom. The van der Waals surface area contributed by atoms with Gasteiger partial charge in [-0.15, -0.1) is 0 Å². The molecule has 0 spiro atoms. The van der Waals surface area contributed by atoms with E-state index in [1.807, 2.05) is 0 Å². The Balaban J connectivity index is 2.99. The summed E-state index contributed by atoms with van der Waals surface area (Å²) >= 11 is 0. The molecule has 0 aliphatic carbocycles. The molecule has 76 valence electrons. The fourth-order valence-corrected chi connectivity index (χ4v) is 1.04. The summed E-state index contributed by atoms with van der Waals surface area (Å²) in [5.74, 6) is -0.175. The number of esters is 1. The van der Waals surface area contributed by atoms with Gasteiger partial charge in [0, 0.05) is 6.92 Å². The molecule has 0 bridgehead atoms. The van der Waals surface area contributed by atoms with E-state index in [9.17, 15) is 4.79 Å². The molecule has 0 fully saturated rings. The second-order valence-corrected chi connectivity index (χ2v) is 3.07. The number of rotatable bonds is 7. The van der Waals surface area contributed by atoms with E-state index >= 15 is 0 Å². The van der Waals surface area contributed by atoms with E-state index in [2.05, 4.69) is 19.1 Å². The van der Waals surface area contributed by atoms with E-state index in [1.54, 1.807) is 0 Å². The maximum absolute atomic E-state index is 10.4. The van der Waals surface area contributed by atoms with E-state index < -0.39 is 0 Å². The minimum Gasteiger partial charge on any atom is -0.466 e. The van der Waals surface area contributed by atoms with Crippen molar-refractivity contribution in [3.05, 3.63) is 12.2 Å². The summed E-state index contributed by atoms with van der Waals surface area (Å²) in [6.07, 6.45) is 9.98. The minimum absolute atomic E-state index is 0.175. The molecule has 0 aromatic rings. The lowest BCUT2D eigenvalue weighted by molar-refractivity contribution is -0.141. The molecule has 0 unspecified atom stereocenters. The normalized spacial score (nSPS) is 10.6. The molecular formula is C11H20O2. The third-order valence-electron chi connectivity index (χ3n) is 1.72. The Morgan fingerprint density at radius 2 is 2.00 bits per heavy atom. The van der Waals surface area contributed by atoms with E-state index in [0.717, 1.165) is 25.7 Å². The first-order chi connectivity index (χ1) is 6.27. The van der Waals surface area contributed by atoms with Crippen LogP contribution in [0, 0.1) is 0 Å². The van der Waals surface area contributed by atoms with Gasteiger partial charge >= 0.3 is 5.97 Å². The van der Waals surface area contributed by atoms with Crippen molar-refractivity contribution in [3.63, 3.8) is 0 Å². The minimum atomic E-state index is -0.175. The van der Waals surface area contributed by atoms with Crippen molar-refractivity contribution in [1.29, 1.82) is 0 Å². The Morgan fingerprint density at radius 1 is 1.23 bits per heavy atom. The van der Waals surface area contributed by atoms with Gasteiger partial charge in [-0.05, 0) is 32.1 Å². The molecule has 0 radical (unpaired) electrons. The van der Waals surface area contributed by atoms with Crippen LogP contribution in [0.4, 0.5) is 0 Å². The van der Waals surface area contributed by atoms with Crippen LogP contribution >= 0.6 is 0 Å². The Bertz CT molecular complexity index is 150. The number of hydrogen-bond acceptors (Lipinski definition) is 2. The molecule has 0 aromatic carbocycles. The van der Waals surface area contributed by atoms with Crippen molar-refractivity contribution in [2.24, 2.45) is 0 Å². The van der Waals surface area contributed by atoms with Crippen molar-refractivity contribution >= 4 is 5.97 Å². The molecular weight excluding hydrogens is 164 g/mol. The van der Waals surface area contributed by atoms with Gasteiger partial charge in [-0.3, -0.25) is 4.79 Å². The largest absolute Gasteiger partial charge is 0.466 e. The van der Waals surface area contributed by atoms with Gasteiger partial charge in [-0.25, -0.2) is 0 Å². The molecule has 0 amide bonds. The molecule has 0 aromatic heterocycles. The SMILES string of the molecule is CC/C=C/CCCCCOC(C)=O. The Labute approximate surface area is 81.0 Å². The van der Waals surface area contributed by atoms with Gasteiger partial charge in [-0.1, -0.05) is 19.1 Å². The summed E-state index contributed by atoms with van der Waals surface area (Å²) in [5, 5.41) is 0. The topological polar surface area (TPSA) is 26.3 Å². The first kappa shape index (κ1) is 12.2. The van der Waals surface area contributed by atoms with E-state index in [0.29, 0.717) is 6.61 Å². The number of unbranched alkanes of at least 4 members (excludes halogenated alkanes) is 3. The van der Waals surface area contributed by atoms with Crippen LogP contribution in [0.2, 0.25) is 0 Å². The smallest absolute Gasteiger partial charge is 0.302 e. The zero-order chi connectivity index (χ0) is 9.94. The van der Waals surface area contributed by atoms with Gasteiger partial charge in [0.1, 0.15) is 0 Å². The second kappa shape index (κ2) is 9.30. The Hall–Kier alpha value is -0.790. The number of carbonyl (C=O) groups is 1. The molecule has 0 rings (SSSR count). The van der Waals surface area contributed by atoms with Crippen LogP contribution < -0.4 is 0 Å². The molecule has 0 aliphatic rings. The third-order valence-corrected chi connectivity index (χ3v) is 1.72. The molecule has 0 atom stereocenters. The summed E-state index contributed by atoms with van der Waals surface area (Å²) in [4.78, 5) is 10.4. The average Bonchev–Trinajstić information content (AvgIpc) is 2.09. The molecule has 0 saturated heterocycles. The van der Waals surface area contributed by atoms with Gasteiger partial charge < -0.3 is 4.74 Å². The Kier molecular flexibility index (Phi) is 8.73. The van der Waals surface area contributed by atoms with Gasteiger partial charge in [0.2, 0.25) is 0 Å². The summed E-state index contributed by atoms with van der Waals surface area (Å²) < 4.78 is 4.81. The van der Waals surface area contributed by atoms with Crippen molar-refractivity contribution in [3.8, 4) is 0 Å². The molecule has 0 heterocycles. The van der Waals surface area contributed by atoms with Crippen LogP contribution in [0.5, 0.6) is 0 Å². The average molecular weight is 184 g/mol. The molecule has 0 aliphatic heterocycles. The van der Waals surface area contributed by atoms with Crippen LogP contribution in [0.15, 0.2) is 12.2 Å². The monoisotopic (exact) mass is 184 g/mol. The molecule has 2 heteroatoms. The summed E-state index contributed by atoms with van der Waals surface area (Å²) in [6, 6.07) is 0. The molecule has 13 heavy (non-hydrogen) atoms. The highest BCUT2D eigenvalue weighted by Crippen LogP contribution is 2.01. The first-order valence-electron chi connectivity index (χ1n) is 5.05. The highest BCUT2D eigenvalue weighted by atomic mass is 16.5. The van der Waals surface area contributed by atoms with Crippen LogP contribution in [-0.4, -0.2) is 12.6 Å². The maximum atomic E-state index is 10.4. The second-order valence-electron chi connectivity index (χ2n) is 3.07. The predicted octanol–water partition coefficient (Wildman–Crippen LogP) is 3.08. The number of hydrogen-bond donors (Lipinski definition) is 0. The first-order valence-corrected chi connectivity index (χ1v) is 5.05. The van der Waals surface area contributed by atoms with Gasteiger partial charge in [-0.2, -0.15) is 0 Å². The highest BCUT2D eigenvalue weighted by Gasteiger charge is 1.91. The van der Waals surface area contributed by atoms with Crippen LogP contribution in [0.1, 0.15) is 46.0 Å². The van der Waals surface area contributed by atoms with Gasteiger partial charge in [0.15, 0.2) is 0 Å². The lowest BCUT2D eigenvalue weighted by Gasteiger charge is -2.00. The number of allylic oxidation sites excluding steroid dienone is 2. The summed E-state index contributed by atoms with van der Waals surface area (Å²) in [6.45, 7) is 4.16. The van der Waals surface area contributed by atoms with Crippen molar-refractivity contribution < 1.29 is 9.53 Å². The highest BCUT2D eigenvalue weighted by molar-refractivity contribution is 5.65. The van der Waals surface area contributed by atoms with Crippen LogP contribution in [0.25, 0.3) is 0 Å².